The number of hydrogen-bond donors (Lipinski definition) is 0. The second kappa shape index (κ2) is 10.2. The zero-order chi connectivity index (χ0) is 29.5. The fourth-order valence-electron chi connectivity index (χ4n) is 12.9. The Bertz CT molecular complexity index is 1160. The third kappa shape index (κ3) is 3.86. The Morgan fingerprint density at radius 1 is 0.698 bits per heavy atom. The average molecular weight is 595 g/mol. The standard InChI is InChI=1S/C36H50O7/c1-3-5-8-30(37)9-7-11-40-32-17-24-14-26(18-32)35(27(15-24)19-32)36(43-42-35)28-16-25-22-34(23-29(36)21-33(25,34)20-28)41-13-12-39-31(38)10-6-4-2/h3-4,24-29H,1-2,5-23H2. The summed E-state index contributed by atoms with van der Waals surface area (Å²) in [5.41, 5.74) is -0.226. The highest BCUT2D eigenvalue weighted by molar-refractivity contribution is 5.78. The normalized spacial score (nSPS) is 48.7. The van der Waals surface area contributed by atoms with E-state index in [1.807, 2.05) is 6.08 Å². The molecule has 3 spiro atoms. The zero-order valence-corrected chi connectivity index (χ0v) is 25.8. The lowest BCUT2D eigenvalue weighted by Gasteiger charge is -2.74. The molecular weight excluding hydrogens is 544 g/mol. The Hall–Kier alpha value is -1.54. The van der Waals surface area contributed by atoms with Crippen LogP contribution in [-0.4, -0.2) is 54.0 Å². The van der Waals surface area contributed by atoms with Crippen molar-refractivity contribution >= 4 is 11.8 Å². The maximum Gasteiger partial charge on any atom is 0.306 e. The molecule has 9 fully saturated rings. The molecule has 8 unspecified atom stereocenters. The highest BCUT2D eigenvalue weighted by atomic mass is 17.3. The minimum atomic E-state index is -0.185. The van der Waals surface area contributed by atoms with Gasteiger partial charge >= 0.3 is 5.97 Å². The van der Waals surface area contributed by atoms with E-state index in [4.69, 9.17) is 24.0 Å². The first kappa shape index (κ1) is 28.9. The summed E-state index contributed by atoms with van der Waals surface area (Å²) in [5.74, 6) is 3.57. The van der Waals surface area contributed by atoms with Gasteiger partial charge in [-0.2, -0.15) is 0 Å². The Morgan fingerprint density at radius 3 is 2.12 bits per heavy atom. The first-order valence-electron chi connectivity index (χ1n) is 17.4. The van der Waals surface area contributed by atoms with Crippen LogP contribution in [0, 0.1) is 40.9 Å². The van der Waals surface area contributed by atoms with Gasteiger partial charge in [-0.3, -0.25) is 9.59 Å². The van der Waals surface area contributed by atoms with Crippen LogP contribution in [0.4, 0.5) is 0 Å². The molecule has 8 saturated carbocycles. The number of allylic oxidation sites excluding steroid dienone is 2. The van der Waals surface area contributed by atoms with Crippen molar-refractivity contribution in [1.29, 1.82) is 0 Å². The van der Waals surface area contributed by atoms with Crippen LogP contribution in [0.2, 0.25) is 0 Å². The topological polar surface area (TPSA) is 80.3 Å². The Morgan fingerprint density at radius 2 is 1.37 bits per heavy atom. The van der Waals surface area contributed by atoms with Crippen LogP contribution in [0.3, 0.4) is 0 Å². The third-order valence-corrected chi connectivity index (χ3v) is 14.0. The highest BCUT2D eigenvalue weighted by Gasteiger charge is 2.89. The predicted octanol–water partition coefficient (Wildman–Crippen LogP) is 6.44. The molecule has 0 amide bonds. The lowest BCUT2D eigenvalue weighted by molar-refractivity contribution is -0.609. The molecule has 1 aliphatic heterocycles. The second-order valence-corrected chi connectivity index (χ2v) is 15.8. The molecule has 0 aromatic rings. The van der Waals surface area contributed by atoms with Crippen LogP contribution in [0.25, 0.3) is 0 Å². The van der Waals surface area contributed by atoms with Crippen LogP contribution in [0.15, 0.2) is 25.3 Å². The smallest absolute Gasteiger partial charge is 0.306 e. The summed E-state index contributed by atoms with van der Waals surface area (Å²) >= 11 is 0. The van der Waals surface area contributed by atoms with Crippen molar-refractivity contribution in [3.63, 3.8) is 0 Å². The molecule has 7 heteroatoms. The summed E-state index contributed by atoms with van der Waals surface area (Å²) < 4.78 is 19.0. The lowest BCUT2D eigenvalue weighted by atomic mass is 9.41. The number of rotatable bonds is 15. The monoisotopic (exact) mass is 594 g/mol. The Kier molecular flexibility index (Phi) is 6.88. The molecule has 0 radical (unpaired) electrons. The number of esters is 1. The summed E-state index contributed by atoms with van der Waals surface area (Å²) in [6.07, 6.45) is 19.0. The molecule has 8 aliphatic carbocycles. The maximum atomic E-state index is 12.2. The van der Waals surface area contributed by atoms with Gasteiger partial charge in [0.2, 0.25) is 0 Å². The molecule has 9 aliphatic rings. The minimum absolute atomic E-state index is 0.0502. The lowest BCUT2D eigenvalue weighted by Crippen LogP contribution is -2.83. The number of Topliss-reactive ketones (excluding diaryl/α,β-unsaturated/α-hetero) is 1. The highest BCUT2D eigenvalue weighted by Crippen LogP contribution is 2.85. The van der Waals surface area contributed by atoms with E-state index in [-0.39, 0.29) is 33.8 Å². The number of carbonyl (C=O) groups excluding carboxylic acids is 2. The van der Waals surface area contributed by atoms with E-state index in [0.29, 0.717) is 80.9 Å². The zero-order valence-electron chi connectivity index (χ0n) is 25.8. The van der Waals surface area contributed by atoms with E-state index < -0.39 is 0 Å². The molecule has 8 atom stereocenters. The summed E-state index contributed by atoms with van der Waals surface area (Å²) in [6, 6.07) is 0. The SMILES string of the molecule is C=CCCC(=O)CCCOC12CC3CC(C1)C1(OOC14C1CC5CC6(OCCOC(=O)CCC=C)CC4CC56C1)C(C3)C2. The van der Waals surface area contributed by atoms with Crippen molar-refractivity contribution < 1.29 is 33.6 Å². The molecule has 1 saturated heterocycles. The van der Waals surface area contributed by atoms with Crippen LogP contribution in [0.1, 0.15) is 103 Å². The van der Waals surface area contributed by atoms with Crippen LogP contribution in [0.5, 0.6) is 0 Å². The molecule has 43 heavy (non-hydrogen) atoms. The van der Waals surface area contributed by atoms with Gasteiger partial charge in [0.25, 0.3) is 0 Å². The number of fused-ring (bicyclic) bond motifs is 4. The number of hydrogen-bond acceptors (Lipinski definition) is 7. The second-order valence-electron chi connectivity index (χ2n) is 15.8. The molecule has 236 valence electrons. The molecule has 7 nitrogen and oxygen atoms in total. The average Bonchev–Trinajstić information content (AvgIpc) is 3.33. The van der Waals surface area contributed by atoms with Crippen LogP contribution >= 0.6 is 0 Å². The van der Waals surface area contributed by atoms with Gasteiger partial charge in [0, 0.05) is 31.3 Å². The molecule has 1 heterocycles. The van der Waals surface area contributed by atoms with Gasteiger partial charge in [-0.05, 0) is 119 Å². The number of ketones is 1. The van der Waals surface area contributed by atoms with Crippen molar-refractivity contribution in [2.75, 3.05) is 19.8 Å². The van der Waals surface area contributed by atoms with Crippen molar-refractivity contribution in [1.82, 2.24) is 0 Å². The van der Waals surface area contributed by atoms with Crippen molar-refractivity contribution in [3.8, 4) is 0 Å². The molecule has 0 aromatic heterocycles. The first-order chi connectivity index (χ1) is 20.8. The molecule has 7 bridgehead atoms. The van der Waals surface area contributed by atoms with E-state index in [1.54, 1.807) is 6.08 Å². The van der Waals surface area contributed by atoms with Crippen LogP contribution in [-0.2, 0) is 33.6 Å². The molecular formula is C36H50O7. The minimum Gasteiger partial charge on any atom is -0.463 e. The van der Waals surface area contributed by atoms with E-state index in [9.17, 15) is 9.59 Å². The summed E-state index contributed by atoms with van der Waals surface area (Å²) in [7, 11) is 0. The number of ether oxygens (including phenoxy) is 3. The van der Waals surface area contributed by atoms with E-state index in [2.05, 4.69) is 13.2 Å². The van der Waals surface area contributed by atoms with Crippen molar-refractivity contribution in [3.05, 3.63) is 25.3 Å². The van der Waals surface area contributed by atoms with E-state index in [0.717, 1.165) is 44.4 Å². The third-order valence-electron chi connectivity index (χ3n) is 14.0. The van der Waals surface area contributed by atoms with Gasteiger partial charge in [0.05, 0.1) is 17.8 Å². The van der Waals surface area contributed by atoms with Crippen molar-refractivity contribution in [2.24, 2.45) is 40.9 Å². The predicted molar refractivity (Wildman–Crippen MR) is 159 cm³/mol. The summed E-state index contributed by atoms with van der Waals surface area (Å²) in [4.78, 5) is 37.3. The Balaban J connectivity index is 0.948. The van der Waals surface area contributed by atoms with Gasteiger partial charge in [-0.1, -0.05) is 12.2 Å². The molecule has 0 N–H and O–H groups in total. The maximum absolute atomic E-state index is 12.2. The largest absolute Gasteiger partial charge is 0.463 e. The van der Waals surface area contributed by atoms with Gasteiger partial charge < -0.3 is 14.2 Å². The van der Waals surface area contributed by atoms with Crippen LogP contribution < -0.4 is 0 Å². The summed E-state index contributed by atoms with van der Waals surface area (Å²) in [6.45, 7) is 8.91. The number of carbonyl (C=O) groups is 2. The molecule has 0 aromatic carbocycles. The first-order valence-corrected chi connectivity index (χ1v) is 17.4. The van der Waals surface area contributed by atoms with Crippen molar-refractivity contribution in [2.45, 2.75) is 125 Å². The van der Waals surface area contributed by atoms with Gasteiger partial charge in [0.1, 0.15) is 23.6 Å². The van der Waals surface area contributed by atoms with Gasteiger partial charge in [-0.15, -0.1) is 13.2 Å². The van der Waals surface area contributed by atoms with E-state index >= 15 is 0 Å². The van der Waals surface area contributed by atoms with E-state index in [1.165, 1.54) is 38.5 Å². The molecule has 9 rings (SSSR count). The fraction of sp³-hybridized carbons (Fsp3) is 0.833. The fourth-order valence-corrected chi connectivity index (χ4v) is 12.9. The summed E-state index contributed by atoms with van der Waals surface area (Å²) in [5, 5.41) is 0. The quantitative estimate of drug-likeness (QED) is 0.0934. The van der Waals surface area contributed by atoms with Gasteiger partial charge in [0.15, 0.2) is 0 Å². The Labute approximate surface area is 256 Å². The van der Waals surface area contributed by atoms with Gasteiger partial charge in [-0.25, -0.2) is 9.78 Å².